The van der Waals surface area contributed by atoms with Gasteiger partial charge >= 0.3 is 5.97 Å². The summed E-state index contributed by atoms with van der Waals surface area (Å²) in [7, 11) is -3.57. The molecule has 0 bridgehead atoms. The summed E-state index contributed by atoms with van der Waals surface area (Å²) in [6.07, 6.45) is 2.74. The maximum Gasteiger partial charge on any atom is 0.335 e. The first kappa shape index (κ1) is 16.2. The molecule has 1 heterocycles. The van der Waals surface area contributed by atoms with E-state index in [0.29, 0.717) is 12.1 Å². The highest BCUT2D eigenvalue weighted by Gasteiger charge is 2.22. The number of aromatic carboxylic acids is 1. The van der Waals surface area contributed by atoms with Crippen molar-refractivity contribution in [1.29, 1.82) is 0 Å². The first-order chi connectivity index (χ1) is 11.3. The molecule has 0 unspecified atom stereocenters. The normalized spacial score (nSPS) is 11.8. The predicted molar refractivity (Wildman–Crippen MR) is 90.1 cm³/mol. The summed E-state index contributed by atoms with van der Waals surface area (Å²) < 4.78 is 26.3. The van der Waals surface area contributed by atoms with Gasteiger partial charge in [0.15, 0.2) is 9.84 Å². The van der Waals surface area contributed by atoms with Gasteiger partial charge in [-0.15, -0.1) is 0 Å². The third kappa shape index (κ3) is 2.78. The molecule has 0 aliphatic rings. The molecular formula is C17H16N2O4S. The van der Waals surface area contributed by atoms with Crippen LogP contribution in [0.15, 0.2) is 47.6 Å². The van der Waals surface area contributed by atoms with Crippen LogP contribution in [0.5, 0.6) is 0 Å². The molecule has 3 aromatic rings. The molecule has 0 spiro atoms. The summed E-state index contributed by atoms with van der Waals surface area (Å²) in [5, 5.41) is 9.23. The number of nitrogens with zero attached hydrogens (tertiary/aromatic N) is 2. The predicted octanol–water partition coefficient (Wildman–Crippen LogP) is 2.49. The minimum atomic E-state index is -3.57. The maximum atomic E-state index is 12.2. The molecule has 0 amide bonds. The average molecular weight is 344 g/mol. The minimum absolute atomic E-state index is 0.00494. The van der Waals surface area contributed by atoms with Gasteiger partial charge in [-0.25, -0.2) is 18.2 Å². The second-order valence-corrected chi connectivity index (χ2v) is 7.62. The van der Waals surface area contributed by atoms with Gasteiger partial charge in [0.05, 0.1) is 34.4 Å². The highest BCUT2D eigenvalue weighted by molar-refractivity contribution is 7.90. The molecule has 0 aliphatic carbocycles. The van der Waals surface area contributed by atoms with Gasteiger partial charge in [0.2, 0.25) is 0 Å². The molecule has 0 atom stereocenters. The lowest BCUT2D eigenvalue weighted by Gasteiger charge is -2.14. The zero-order valence-electron chi connectivity index (χ0n) is 13.2. The number of rotatable bonds is 4. The van der Waals surface area contributed by atoms with Gasteiger partial charge in [-0.1, -0.05) is 18.2 Å². The third-order valence-corrected chi connectivity index (χ3v) is 5.27. The van der Waals surface area contributed by atoms with E-state index in [2.05, 4.69) is 4.98 Å². The fourth-order valence-corrected chi connectivity index (χ4v) is 4.21. The van der Waals surface area contributed by atoms with Gasteiger partial charge in [0.1, 0.15) is 0 Å². The van der Waals surface area contributed by atoms with Gasteiger partial charge in [-0.2, -0.15) is 0 Å². The molecule has 0 aliphatic heterocycles. The van der Waals surface area contributed by atoms with Gasteiger partial charge in [-0.3, -0.25) is 0 Å². The van der Waals surface area contributed by atoms with Crippen molar-refractivity contribution in [3.63, 3.8) is 0 Å². The molecule has 0 fully saturated rings. The number of imidazole rings is 1. The smallest absolute Gasteiger partial charge is 0.335 e. The van der Waals surface area contributed by atoms with E-state index in [1.165, 1.54) is 13.0 Å². The van der Waals surface area contributed by atoms with Crippen LogP contribution in [0.25, 0.3) is 11.0 Å². The summed E-state index contributed by atoms with van der Waals surface area (Å²) >= 11 is 0. The number of fused-ring (bicyclic) bond motifs is 1. The number of para-hydroxylation sites is 2. The Morgan fingerprint density at radius 1 is 1.21 bits per heavy atom. The highest BCUT2D eigenvalue weighted by atomic mass is 32.2. The SMILES string of the molecule is Cc1c(C(=O)O)ccc(Cn2cnc3ccccc32)c1S(C)(=O)=O. The van der Waals surface area contributed by atoms with Gasteiger partial charge in [0, 0.05) is 6.26 Å². The fourth-order valence-electron chi connectivity index (χ4n) is 2.94. The summed E-state index contributed by atoms with van der Waals surface area (Å²) in [6, 6.07) is 10.6. The average Bonchev–Trinajstić information content (AvgIpc) is 2.89. The summed E-state index contributed by atoms with van der Waals surface area (Å²) in [6.45, 7) is 1.82. The molecule has 1 aromatic heterocycles. The van der Waals surface area contributed by atoms with Crippen molar-refractivity contribution in [1.82, 2.24) is 9.55 Å². The van der Waals surface area contributed by atoms with E-state index in [1.54, 1.807) is 12.4 Å². The Bertz CT molecular complexity index is 1050. The van der Waals surface area contributed by atoms with Gasteiger partial charge in [-0.05, 0) is 36.2 Å². The molecule has 0 saturated carbocycles. The molecule has 7 heteroatoms. The molecular weight excluding hydrogens is 328 g/mol. The molecule has 124 valence electrons. The number of benzene rings is 2. The standard InChI is InChI=1S/C17H16N2O4S/c1-11-13(17(20)21)8-7-12(16(11)24(2,22)23)9-19-10-18-14-5-3-4-6-15(14)19/h3-8,10H,9H2,1-2H3,(H,20,21). The Balaban J connectivity index is 2.18. The topological polar surface area (TPSA) is 89.3 Å². The van der Waals surface area contributed by atoms with Crippen molar-refractivity contribution in [2.45, 2.75) is 18.4 Å². The lowest BCUT2D eigenvalue weighted by atomic mass is 10.0. The first-order valence-electron chi connectivity index (χ1n) is 7.24. The Labute approximate surface area is 139 Å². The number of carbonyl (C=O) groups is 1. The maximum absolute atomic E-state index is 12.2. The minimum Gasteiger partial charge on any atom is -0.478 e. The molecule has 24 heavy (non-hydrogen) atoms. The van der Waals surface area contributed by atoms with Crippen molar-refractivity contribution >= 4 is 26.8 Å². The second kappa shape index (κ2) is 5.76. The first-order valence-corrected chi connectivity index (χ1v) is 9.14. The van der Waals surface area contributed by atoms with E-state index in [4.69, 9.17) is 0 Å². The summed E-state index contributed by atoms with van der Waals surface area (Å²) in [5.74, 6) is -1.14. The van der Waals surface area contributed by atoms with E-state index in [0.717, 1.165) is 17.3 Å². The van der Waals surface area contributed by atoms with E-state index in [-0.39, 0.29) is 16.0 Å². The molecule has 2 aromatic carbocycles. The number of hydrogen-bond donors (Lipinski definition) is 1. The van der Waals surface area contributed by atoms with E-state index < -0.39 is 15.8 Å². The Hall–Kier alpha value is -2.67. The quantitative estimate of drug-likeness (QED) is 0.785. The van der Waals surface area contributed by atoms with Crippen molar-refractivity contribution in [3.8, 4) is 0 Å². The molecule has 0 radical (unpaired) electrons. The molecule has 6 nitrogen and oxygen atoms in total. The van der Waals surface area contributed by atoms with Crippen LogP contribution >= 0.6 is 0 Å². The van der Waals surface area contributed by atoms with Gasteiger partial charge < -0.3 is 9.67 Å². The number of hydrogen-bond acceptors (Lipinski definition) is 4. The van der Waals surface area contributed by atoms with Crippen molar-refractivity contribution in [2.75, 3.05) is 6.26 Å². The molecule has 0 saturated heterocycles. The summed E-state index contributed by atoms with van der Waals surface area (Å²) in [4.78, 5) is 15.7. The van der Waals surface area contributed by atoms with Crippen LogP contribution in [0.2, 0.25) is 0 Å². The van der Waals surface area contributed by atoms with Crippen molar-refractivity contribution in [2.24, 2.45) is 0 Å². The molecule has 3 rings (SSSR count). The zero-order chi connectivity index (χ0) is 17.5. The van der Waals surface area contributed by atoms with Crippen LogP contribution < -0.4 is 0 Å². The number of carboxylic acid groups (broad SMARTS) is 1. The monoisotopic (exact) mass is 344 g/mol. The Morgan fingerprint density at radius 3 is 2.58 bits per heavy atom. The lowest BCUT2D eigenvalue weighted by Crippen LogP contribution is -2.12. The van der Waals surface area contributed by atoms with Crippen molar-refractivity contribution < 1.29 is 18.3 Å². The van der Waals surface area contributed by atoms with Crippen molar-refractivity contribution in [3.05, 3.63) is 59.4 Å². The fraction of sp³-hybridized carbons (Fsp3) is 0.176. The second-order valence-electron chi connectivity index (χ2n) is 5.66. The van der Waals surface area contributed by atoms with Gasteiger partial charge in [0.25, 0.3) is 0 Å². The third-order valence-electron chi connectivity index (χ3n) is 3.96. The van der Waals surface area contributed by atoms with Crippen LogP contribution in [0.3, 0.4) is 0 Å². The van der Waals surface area contributed by atoms with Crippen LogP contribution in [0, 0.1) is 6.92 Å². The largest absolute Gasteiger partial charge is 0.478 e. The number of aromatic nitrogens is 2. The van der Waals surface area contributed by atoms with Crippen LogP contribution in [0.1, 0.15) is 21.5 Å². The van der Waals surface area contributed by atoms with E-state index >= 15 is 0 Å². The van der Waals surface area contributed by atoms with E-state index in [1.807, 2.05) is 28.8 Å². The Morgan fingerprint density at radius 2 is 1.92 bits per heavy atom. The van der Waals surface area contributed by atoms with E-state index in [9.17, 15) is 18.3 Å². The number of carboxylic acids is 1. The lowest BCUT2D eigenvalue weighted by molar-refractivity contribution is 0.0695. The van der Waals surface area contributed by atoms with Crippen LogP contribution in [-0.4, -0.2) is 35.3 Å². The Kier molecular flexibility index (Phi) is 3.88. The number of sulfone groups is 1. The highest BCUT2D eigenvalue weighted by Crippen LogP contribution is 2.26. The van der Waals surface area contributed by atoms with Crippen LogP contribution in [-0.2, 0) is 16.4 Å². The summed E-state index contributed by atoms with van der Waals surface area (Å²) in [5.41, 5.74) is 2.50. The zero-order valence-corrected chi connectivity index (χ0v) is 14.0. The van der Waals surface area contributed by atoms with Crippen LogP contribution in [0.4, 0.5) is 0 Å². The molecule has 1 N–H and O–H groups in total.